The first-order chi connectivity index (χ1) is 8.76. The second-order valence-corrected chi connectivity index (χ2v) is 6.38. The molecule has 1 heterocycles. The van der Waals surface area contributed by atoms with Crippen molar-refractivity contribution in [2.45, 2.75) is 13.8 Å². The van der Waals surface area contributed by atoms with Crippen LogP contribution in [0.25, 0.3) is 0 Å². The Labute approximate surface area is 118 Å². The Morgan fingerprint density at radius 1 is 1.47 bits per heavy atom. The van der Waals surface area contributed by atoms with Crippen molar-refractivity contribution >= 4 is 28.3 Å². The molecule has 0 saturated carbocycles. The summed E-state index contributed by atoms with van der Waals surface area (Å²) in [6.45, 7) is 6.04. The summed E-state index contributed by atoms with van der Waals surface area (Å²) >= 11 is 1.22. The molecule has 0 saturated heterocycles. The van der Waals surface area contributed by atoms with E-state index >= 15 is 0 Å². The highest BCUT2D eigenvalue weighted by molar-refractivity contribution is 7.11. The normalized spacial score (nSPS) is 11.7. The first-order valence-corrected chi connectivity index (χ1v) is 6.90. The zero-order valence-corrected chi connectivity index (χ0v) is 13.0. The molecule has 1 aromatic rings. The minimum atomic E-state index is -0.209. The lowest BCUT2D eigenvalue weighted by Gasteiger charge is -2.28. The van der Waals surface area contributed by atoms with Gasteiger partial charge in [-0.05, 0) is 31.0 Å². The van der Waals surface area contributed by atoms with E-state index in [9.17, 15) is 4.79 Å². The van der Waals surface area contributed by atoms with Crippen molar-refractivity contribution in [2.24, 2.45) is 5.41 Å². The van der Waals surface area contributed by atoms with Crippen molar-refractivity contribution in [1.82, 2.24) is 14.6 Å². The lowest BCUT2D eigenvalue weighted by molar-refractivity contribution is 0.0965. The number of carbonyl (C=O) groups excluding carboxylic acids is 1. The van der Waals surface area contributed by atoms with Crippen LogP contribution in [0, 0.1) is 5.41 Å². The molecule has 0 aromatic carbocycles. The maximum absolute atomic E-state index is 11.7. The number of hydrogen-bond acceptors (Lipinski definition) is 6. The van der Waals surface area contributed by atoms with Crippen molar-refractivity contribution in [3.8, 4) is 0 Å². The maximum Gasteiger partial charge on any atom is 0.257 e. The quantitative estimate of drug-likeness (QED) is 0.728. The van der Waals surface area contributed by atoms with Gasteiger partial charge in [0.05, 0.1) is 0 Å². The van der Waals surface area contributed by atoms with Crippen molar-refractivity contribution in [1.29, 1.82) is 0 Å². The predicted molar refractivity (Wildman–Crippen MR) is 80.7 cm³/mol. The third-order valence-electron chi connectivity index (χ3n) is 2.64. The molecule has 4 N–H and O–H groups in total. The minimum Gasteiger partial charge on any atom is -0.382 e. The van der Waals surface area contributed by atoms with Crippen LogP contribution in [0.4, 0.5) is 10.8 Å². The zero-order valence-electron chi connectivity index (χ0n) is 12.2. The number of hydrogen-bond donors (Lipinski definition) is 3. The van der Waals surface area contributed by atoms with E-state index in [0.29, 0.717) is 5.56 Å². The van der Waals surface area contributed by atoms with Crippen LogP contribution in [0.1, 0.15) is 24.2 Å². The maximum atomic E-state index is 11.7. The van der Waals surface area contributed by atoms with Gasteiger partial charge in [0, 0.05) is 20.1 Å². The molecule has 0 radical (unpaired) electrons. The zero-order chi connectivity index (χ0) is 14.6. The molecule has 19 heavy (non-hydrogen) atoms. The van der Waals surface area contributed by atoms with Gasteiger partial charge in [-0.15, -0.1) is 0 Å². The summed E-state index contributed by atoms with van der Waals surface area (Å²) < 4.78 is 4.03. The SMILES string of the molecule is CNC(=O)c1c(N)nsc1NCC(C)(C)CN(C)C. The number of nitrogen functional groups attached to an aromatic ring is 1. The summed E-state index contributed by atoms with van der Waals surface area (Å²) in [6.07, 6.45) is 0. The van der Waals surface area contributed by atoms with Crippen molar-refractivity contribution in [3.63, 3.8) is 0 Å². The highest BCUT2D eigenvalue weighted by Crippen LogP contribution is 2.28. The van der Waals surface area contributed by atoms with Crippen LogP contribution < -0.4 is 16.4 Å². The van der Waals surface area contributed by atoms with Crippen LogP contribution in [0.3, 0.4) is 0 Å². The molecule has 0 aliphatic carbocycles. The Hall–Kier alpha value is -1.34. The van der Waals surface area contributed by atoms with E-state index in [1.807, 2.05) is 14.1 Å². The molecule has 108 valence electrons. The van der Waals surface area contributed by atoms with Gasteiger partial charge < -0.3 is 21.3 Å². The summed E-state index contributed by atoms with van der Waals surface area (Å²) in [7, 11) is 5.67. The van der Waals surface area contributed by atoms with E-state index < -0.39 is 0 Å². The number of anilines is 2. The van der Waals surface area contributed by atoms with Gasteiger partial charge in [0.1, 0.15) is 10.6 Å². The van der Waals surface area contributed by atoms with Gasteiger partial charge in [-0.1, -0.05) is 13.8 Å². The smallest absolute Gasteiger partial charge is 0.257 e. The lowest BCUT2D eigenvalue weighted by Crippen LogP contribution is -2.34. The van der Waals surface area contributed by atoms with Gasteiger partial charge in [-0.2, -0.15) is 4.37 Å². The van der Waals surface area contributed by atoms with Crippen LogP contribution in [0.2, 0.25) is 0 Å². The molecule has 0 aliphatic heterocycles. The molecule has 1 rings (SSSR count). The summed E-state index contributed by atoms with van der Waals surface area (Å²) in [5.74, 6) is 0.0661. The standard InChI is InChI=1S/C12H23N5OS/c1-12(2,7-17(4)5)6-15-11-8(10(18)14-3)9(13)16-19-11/h15H,6-7H2,1-5H3,(H2,13,16)(H,14,18). The van der Waals surface area contributed by atoms with Gasteiger partial charge in [-0.25, -0.2) is 0 Å². The van der Waals surface area contributed by atoms with E-state index in [1.54, 1.807) is 7.05 Å². The first kappa shape index (κ1) is 15.7. The molecule has 0 atom stereocenters. The van der Waals surface area contributed by atoms with Crippen molar-refractivity contribution < 1.29 is 4.79 Å². The number of nitrogens with zero attached hydrogens (tertiary/aromatic N) is 2. The Bertz CT molecular complexity index is 441. The number of nitrogens with two attached hydrogens (primary N) is 1. The predicted octanol–water partition coefficient (Wildman–Crippen LogP) is 1.08. The highest BCUT2D eigenvalue weighted by atomic mass is 32.1. The number of rotatable bonds is 6. The average molecular weight is 285 g/mol. The van der Waals surface area contributed by atoms with E-state index in [2.05, 4.69) is 33.8 Å². The topological polar surface area (TPSA) is 83.3 Å². The highest BCUT2D eigenvalue weighted by Gasteiger charge is 2.22. The number of carbonyl (C=O) groups is 1. The number of amides is 1. The second-order valence-electron chi connectivity index (χ2n) is 5.61. The molecule has 1 aromatic heterocycles. The Balaban J connectivity index is 2.76. The Morgan fingerprint density at radius 3 is 2.63 bits per heavy atom. The summed E-state index contributed by atoms with van der Waals surface area (Å²) in [5, 5.41) is 6.59. The van der Waals surface area contributed by atoms with Crippen molar-refractivity contribution in [3.05, 3.63) is 5.56 Å². The fraction of sp³-hybridized carbons (Fsp3) is 0.667. The minimum absolute atomic E-state index is 0.0855. The molecule has 0 aliphatic rings. The van der Waals surface area contributed by atoms with Gasteiger partial charge >= 0.3 is 0 Å². The number of aromatic nitrogens is 1. The van der Waals surface area contributed by atoms with Gasteiger partial charge in [-0.3, -0.25) is 4.79 Å². The molecular formula is C12H23N5OS. The Kier molecular flexibility index (Phi) is 5.13. The third kappa shape index (κ3) is 4.36. The van der Waals surface area contributed by atoms with Crippen LogP contribution in [0.5, 0.6) is 0 Å². The van der Waals surface area contributed by atoms with E-state index in [0.717, 1.165) is 18.1 Å². The van der Waals surface area contributed by atoms with Crippen LogP contribution in [-0.4, -0.2) is 49.4 Å². The van der Waals surface area contributed by atoms with Gasteiger partial charge in [0.2, 0.25) is 0 Å². The molecule has 0 fully saturated rings. The van der Waals surface area contributed by atoms with Crippen LogP contribution >= 0.6 is 11.5 Å². The molecule has 0 unspecified atom stereocenters. The van der Waals surface area contributed by atoms with E-state index in [1.165, 1.54) is 11.5 Å². The summed E-state index contributed by atoms with van der Waals surface area (Å²) in [5.41, 5.74) is 6.25. The van der Waals surface area contributed by atoms with Crippen LogP contribution in [0.15, 0.2) is 0 Å². The number of nitrogens with one attached hydrogen (secondary N) is 2. The largest absolute Gasteiger partial charge is 0.382 e. The molecule has 0 spiro atoms. The Morgan fingerprint density at radius 2 is 2.11 bits per heavy atom. The molecule has 1 amide bonds. The van der Waals surface area contributed by atoms with Crippen LogP contribution in [-0.2, 0) is 0 Å². The van der Waals surface area contributed by atoms with Gasteiger partial charge in [0.25, 0.3) is 5.91 Å². The van der Waals surface area contributed by atoms with E-state index in [4.69, 9.17) is 5.73 Å². The van der Waals surface area contributed by atoms with Crippen molar-refractivity contribution in [2.75, 3.05) is 45.3 Å². The van der Waals surface area contributed by atoms with E-state index in [-0.39, 0.29) is 17.1 Å². The monoisotopic (exact) mass is 285 g/mol. The fourth-order valence-electron chi connectivity index (χ4n) is 2.00. The fourth-order valence-corrected chi connectivity index (χ4v) is 2.71. The second kappa shape index (κ2) is 6.21. The van der Waals surface area contributed by atoms with Gasteiger partial charge in [0.15, 0.2) is 5.82 Å². The first-order valence-electron chi connectivity index (χ1n) is 6.12. The lowest BCUT2D eigenvalue weighted by atomic mass is 9.93. The molecule has 7 heteroatoms. The third-order valence-corrected chi connectivity index (χ3v) is 3.46. The molecule has 0 bridgehead atoms. The molecule has 6 nitrogen and oxygen atoms in total. The average Bonchev–Trinajstić information content (AvgIpc) is 2.65. The summed E-state index contributed by atoms with van der Waals surface area (Å²) in [4.78, 5) is 13.9. The molecular weight excluding hydrogens is 262 g/mol. The summed E-state index contributed by atoms with van der Waals surface area (Å²) in [6, 6.07) is 0.